The first-order valence-electron chi connectivity index (χ1n) is 3.60. The summed E-state index contributed by atoms with van der Waals surface area (Å²) < 4.78 is 0. The minimum Gasteiger partial charge on any atom is -0.383 e. The van der Waals surface area contributed by atoms with Crippen LogP contribution in [0.5, 0.6) is 0 Å². The zero-order chi connectivity index (χ0) is 8.10. The highest BCUT2D eigenvalue weighted by Crippen LogP contribution is 2.17. The Labute approximate surface area is 75.2 Å². The predicted molar refractivity (Wildman–Crippen MR) is 53.0 cm³/mol. The Kier molecular flexibility index (Phi) is 3.72. The third kappa shape index (κ3) is 3.12. The summed E-state index contributed by atoms with van der Waals surface area (Å²) in [5.41, 5.74) is 5.47. The van der Waals surface area contributed by atoms with E-state index in [1.54, 1.807) is 11.3 Å². The summed E-state index contributed by atoms with van der Waals surface area (Å²) in [6, 6.07) is 0. The fraction of sp³-hybridized carbons (Fsp3) is 0.571. The van der Waals surface area contributed by atoms with Crippen LogP contribution in [-0.2, 0) is 5.75 Å². The number of hydrogen-bond acceptors (Lipinski definition) is 4. The van der Waals surface area contributed by atoms with E-state index in [0.717, 1.165) is 10.8 Å². The number of nitrogens with zero attached hydrogens (tertiary/aromatic N) is 1. The van der Waals surface area contributed by atoms with Gasteiger partial charge in [-0.25, -0.2) is 4.98 Å². The van der Waals surface area contributed by atoms with E-state index in [1.807, 2.05) is 17.1 Å². The highest BCUT2D eigenvalue weighted by atomic mass is 32.2. The first-order chi connectivity index (χ1) is 5.33. The lowest BCUT2D eigenvalue weighted by Gasteiger charge is -1.93. The molecule has 2 nitrogen and oxygen atoms in total. The molecule has 0 saturated carbocycles. The van der Waals surface area contributed by atoms with Gasteiger partial charge in [0.15, 0.2) is 0 Å². The average Bonchev–Trinajstić information content (AvgIpc) is 2.37. The van der Waals surface area contributed by atoms with Crippen molar-refractivity contribution in [3.63, 3.8) is 0 Å². The third-order valence-electron chi connectivity index (χ3n) is 1.14. The molecular weight excluding hydrogens is 176 g/mol. The standard InChI is InChI=1S/C7H12N2S2/c1-2-3-10-5-7-9-6(8)4-11-7/h4H,2-3,5,8H2,1H3. The van der Waals surface area contributed by atoms with Crippen LogP contribution in [-0.4, -0.2) is 10.7 Å². The van der Waals surface area contributed by atoms with Crippen molar-refractivity contribution >= 4 is 28.9 Å². The summed E-state index contributed by atoms with van der Waals surface area (Å²) in [6.45, 7) is 2.18. The molecule has 1 aromatic heterocycles. The van der Waals surface area contributed by atoms with E-state index < -0.39 is 0 Å². The molecule has 0 bridgehead atoms. The van der Waals surface area contributed by atoms with Crippen LogP contribution in [0.1, 0.15) is 18.4 Å². The molecule has 0 unspecified atom stereocenters. The molecule has 0 atom stereocenters. The Balaban J connectivity index is 2.27. The summed E-state index contributed by atoms with van der Waals surface area (Å²) in [5.74, 6) is 2.87. The van der Waals surface area contributed by atoms with Crippen LogP contribution in [0.4, 0.5) is 5.82 Å². The van der Waals surface area contributed by atoms with Crippen molar-refractivity contribution in [3.8, 4) is 0 Å². The Morgan fingerprint density at radius 2 is 2.55 bits per heavy atom. The Morgan fingerprint density at radius 3 is 3.09 bits per heavy atom. The second-order valence-electron chi connectivity index (χ2n) is 2.22. The van der Waals surface area contributed by atoms with Gasteiger partial charge in [-0.2, -0.15) is 11.8 Å². The number of thiazole rings is 1. The Morgan fingerprint density at radius 1 is 1.73 bits per heavy atom. The van der Waals surface area contributed by atoms with Gasteiger partial charge in [-0.05, 0) is 12.2 Å². The molecule has 0 amide bonds. The molecule has 11 heavy (non-hydrogen) atoms. The first kappa shape index (κ1) is 8.87. The minimum atomic E-state index is 0.655. The molecule has 0 aromatic carbocycles. The zero-order valence-corrected chi connectivity index (χ0v) is 8.17. The number of nitrogens with two attached hydrogens (primary N) is 1. The molecule has 1 aromatic rings. The van der Waals surface area contributed by atoms with Gasteiger partial charge in [-0.3, -0.25) is 0 Å². The van der Waals surface area contributed by atoms with Gasteiger partial charge < -0.3 is 5.73 Å². The number of aromatic nitrogens is 1. The molecule has 0 aliphatic carbocycles. The fourth-order valence-corrected chi connectivity index (χ4v) is 2.36. The molecule has 0 radical (unpaired) electrons. The van der Waals surface area contributed by atoms with E-state index in [1.165, 1.54) is 12.2 Å². The number of nitrogen functional groups attached to an aromatic ring is 1. The fourth-order valence-electron chi connectivity index (χ4n) is 0.695. The van der Waals surface area contributed by atoms with Gasteiger partial charge in [0.2, 0.25) is 0 Å². The van der Waals surface area contributed by atoms with Gasteiger partial charge in [0.25, 0.3) is 0 Å². The molecule has 2 N–H and O–H groups in total. The van der Waals surface area contributed by atoms with Gasteiger partial charge in [0.05, 0.1) is 0 Å². The van der Waals surface area contributed by atoms with Gasteiger partial charge in [-0.15, -0.1) is 11.3 Å². The van der Waals surface area contributed by atoms with Crippen molar-refractivity contribution in [2.45, 2.75) is 19.1 Å². The van der Waals surface area contributed by atoms with Crippen molar-refractivity contribution in [2.75, 3.05) is 11.5 Å². The minimum absolute atomic E-state index is 0.655. The second kappa shape index (κ2) is 4.62. The summed E-state index contributed by atoms with van der Waals surface area (Å²) in [4.78, 5) is 4.16. The highest BCUT2D eigenvalue weighted by molar-refractivity contribution is 7.98. The summed E-state index contributed by atoms with van der Waals surface area (Å²) in [6.07, 6.45) is 1.23. The largest absolute Gasteiger partial charge is 0.383 e. The lowest BCUT2D eigenvalue weighted by atomic mass is 10.6. The molecule has 1 heterocycles. The van der Waals surface area contributed by atoms with Crippen molar-refractivity contribution in [2.24, 2.45) is 0 Å². The van der Waals surface area contributed by atoms with Gasteiger partial charge in [0, 0.05) is 11.1 Å². The molecule has 0 aliphatic rings. The highest BCUT2D eigenvalue weighted by Gasteiger charge is 1.97. The van der Waals surface area contributed by atoms with Crippen molar-refractivity contribution in [3.05, 3.63) is 10.4 Å². The summed E-state index contributed by atoms with van der Waals surface area (Å²) >= 11 is 3.56. The summed E-state index contributed by atoms with van der Waals surface area (Å²) in [7, 11) is 0. The predicted octanol–water partition coefficient (Wildman–Crippen LogP) is 2.37. The lowest BCUT2D eigenvalue weighted by Crippen LogP contribution is -1.85. The van der Waals surface area contributed by atoms with E-state index in [2.05, 4.69) is 11.9 Å². The van der Waals surface area contributed by atoms with Crippen molar-refractivity contribution < 1.29 is 0 Å². The first-order valence-corrected chi connectivity index (χ1v) is 5.64. The lowest BCUT2D eigenvalue weighted by molar-refractivity contribution is 1.10. The van der Waals surface area contributed by atoms with Crippen LogP contribution in [0.3, 0.4) is 0 Å². The molecule has 62 valence electrons. The maximum absolute atomic E-state index is 5.47. The number of thioether (sulfide) groups is 1. The smallest absolute Gasteiger partial charge is 0.134 e. The van der Waals surface area contributed by atoms with Crippen LogP contribution in [0.15, 0.2) is 5.38 Å². The molecular formula is C7H12N2S2. The van der Waals surface area contributed by atoms with Crippen LogP contribution in [0, 0.1) is 0 Å². The maximum atomic E-state index is 5.47. The van der Waals surface area contributed by atoms with Gasteiger partial charge >= 0.3 is 0 Å². The zero-order valence-electron chi connectivity index (χ0n) is 6.54. The normalized spacial score (nSPS) is 10.3. The van der Waals surface area contributed by atoms with Gasteiger partial charge in [0.1, 0.15) is 10.8 Å². The quantitative estimate of drug-likeness (QED) is 0.737. The Bertz CT molecular complexity index is 210. The van der Waals surface area contributed by atoms with Crippen molar-refractivity contribution in [1.29, 1.82) is 0 Å². The van der Waals surface area contributed by atoms with E-state index in [4.69, 9.17) is 5.73 Å². The van der Waals surface area contributed by atoms with Crippen molar-refractivity contribution in [1.82, 2.24) is 4.98 Å². The van der Waals surface area contributed by atoms with Crippen LogP contribution >= 0.6 is 23.1 Å². The second-order valence-corrected chi connectivity index (χ2v) is 4.27. The number of hydrogen-bond donors (Lipinski definition) is 1. The molecule has 0 aliphatic heterocycles. The van der Waals surface area contributed by atoms with E-state index in [9.17, 15) is 0 Å². The number of anilines is 1. The van der Waals surface area contributed by atoms with Gasteiger partial charge in [-0.1, -0.05) is 6.92 Å². The van der Waals surface area contributed by atoms with Crippen LogP contribution in [0.25, 0.3) is 0 Å². The maximum Gasteiger partial charge on any atom is 0.134 e. The molecule has 0 saturated heterocycles. The van der Waals surface area contributed by atoms with E-state index in [0.29, 0.717) is 5.82 Å². The van der Waals surface area contributed by atoms with E-state index in [-0.39, 0.29) is 0 Å². The van der Waals surface area contributed by atoms with E-state index >= 15 is 0 Å². The third-order valence-corrected chi connectivity index (χ3v) is 3.37. The molecule has 4 heteroatoms. The Hall–Kier alpha value is -0.220. The monoisotopic (exact) mass is 188 g/mol. The SMILES string of the molecule is CCCSCc1nc(N)cs1. The summed E-state index contributed by atoms with van der Waals surface area (Å²) in [5, 5.41) is 3.03. The molecule has 0 fully saturated rings. The van der Waals surface area contributed by atoms with Crippen LogP contribution in [0.2, 0.25) is 0 Å². The topological polar surface area (TPSA) is 38.9 Å². The van der Waals surface area contributed by atoms with Crippen LogP contribution < -0.4 is 5.73 Å². The number of rotatable bonds is 4. The average molecular weight is 188 g/mol. The molecule has 1 rings (SSSR count). The molecule has 0 spiro atoms.